The third-order valence-electron chi connectivity index (χ3n) is 4.21. The highest BCUT2D eigenvalue weighted by Crippen LogP contribution is 2.30. The molecule has 1 unspecified atom stereocenters. The van der Waals surface area contributed by atoms with E-state index in [-0.39, 0.29) is 5.91 Å². The average molecular weight is 289 g/mol. The fourth-order valence-electron chi connectivity index (χ4n) is 2.92. The van der Waals surface area contributed by atoms with Crippen molar-refractivity contribution in [3.63, 3.8) is 0 Å². The number of carbonyl (C=O) groups excluding carboxylic acids is 1. The summed E-state index contributed by atoms with van der Waals surface area (Å²) < 4.78 is 10.6. The minimum atomic E-state index is 0.155. The SMILES string of the molecule is COCc1cccc(C(=O)N(CC2CCOC2)C2CC2)c1. The molecule has 1 heterocycles. The largest absolute Gasteiger partial charge is 0.381 e. The summed E-state index contributed by atoms with van der Waals surface area (Å²) in [6.07, 6.45) is 3.34. The van der Waals surface area contributed by atoms with Gasteiger partial charge in [-0.15, -0.1) is 0 Å². The Labute approximate surface area is 126 Å². The quantitative estimate of drug-likeness (QED) is 0.807. The highest BCUT2D eigenvalue weighted by molar-refractivity contribution is 5.94. The molecule has 0 bridgehead atoms. The molecule has 114 valence electrons. The first-order valence-electron chi connectivity index (χ1n) is 7.74. The van der Waals surface area contributed by atoms with E-state index in [9.17, 15) is 4.79 Å². The van der Waals surface area contributed by atoms with Gasteiger partial charge in [0.2, 0.25) is 0 Å². The minimum Gasteiger partial charge on any atom is -0.381 e. The molecular weight excluding hydrogens is 266 g/mol. The summed E-state index contributed by atoms with van der Waals surface area (Å²) in [7, 11) is 1.67. The summed E-state index contributed by atoms with van der Waals surface area (Å²) in [6, 6.07) is 8.22. The number of ether oxygens (including phenoxy) is 2. The van der Waals surface area contributed by atoms with Gasteiger partial charge in [-0.1, -0.05) is 12.1 Å². The van der Waals surface area contributed by atoms with Gasteiger partial charge >= 0.3 is 0 Å². The van der Waals surface area contributed by atoms with E-state index in [0.717, 1.165) is 50.1 Å². The van der Waals surface area contributed by atoms with E-state index in [1.54, 1.807) is 7.11 Å². The predicted molar refractivity (Wildman–Crippen MR) is 80.1 cm³/mol. The van der Waals surface area contributed by atoms with Crippen molar-refractivity contribution in [2.24, 2.45) is 5.92 Å². The van der Waals surface area contributed by atoms with E-state index in [1.807, 2.05) is 24.3 Å². The number of carbonyl (C=O) groups is 1. The summed E-state index contributed by atoms with van der Waals surface area (Å²) in [6.45, 7) is 3.00. The Morgan fingerprint density at radius 3 is 2.90 bits per heavy atom. The second-order valence-electron chi connectivity index (χ2n) is 6.05. The molecule has 0 N–H and O–H groups in total. The molecule has 2 aliphatic rings. The highest BCUT2D eigenvalue weighted by Gasteiger charge is 2.35. The van der Waals surface area contributed by atoms with Crippen LogP contribution < -0.4 is 0 Å². The van der Waals surface area contributed by atoms with Crippen LogP contribution in [0.1, 0.15) is 35.2 Å². The average Bonchev–Trinajstić information content (AvgIpc) is 3.21. The number of hydrogen-bond donors (Lipinski definition) is 0. The molecule has 1 aromatic rings. The zero-order valence-corrected chi connectivity index (χ0v) is 12.6. The van der Waals surface area contributed by atoms with Gasteiger partial charge in [-0.3, -0.25) is 4.79 Å². The van der Waals surface area contributed by atoms with Crippen molar-refractivity contribution in [2.75, 3.05) is 26.9 Å². The van der Waals surface area contributed by atoms with Gasteiger partial charge in [-0.25, -0.2) is 0 Å². The normalized spacial score (nSPS) is 21.5. The molecule has 0 spiro atoms. The van der Waals surface area contributed by atoms with Crippen molar-refractivity contribution < 1.29 is 14.3 Å². The number of rotatable bonds is 6. The van der Waals surface area contributed by atoms with E-state index in [2.05, 4.69) is 4.90 Å². The molecule has 2 fully saturated rings. The van der Waals surface area contributed by atoms with Crippen molar-refractivity contribution in [3.05, 3.63) is 35.4 Å². The van der Waals surface area contributed by atoms with Gasteiger partial charge in [0.25, 0.3) is 5.91 Å². The molecule has 4 nitrogen and oxygen atoms in total. The second-order valence-corrected chi connectivity index (χ2v) is 6.05. The maximum atomic E-state index is 12.8. The van der Waals surface area contributed by atoms with Crippen LogP contribution in [0.4, 0.5) is 0 Å². The summed E-state index contributed by atoms with van der Waals surface area (Å²) in [5.74, 6) is 0.652. The predicted octanol–water partition coefficient (Wildman–Crippen LogP) is 2.47. The fraction of sp³-hybridized carbons (Fsp3) is 0.588. The molecule has 21 heavy (non-hydrogen) atoms. The molecule has 1 aromatic carbocycles. The molecule has 1 saturated heterocycles. The van der Waals surface area contributed by atoms with Crippen molar-refractivity contribution in [1.82, 2.24) is 4.90 Å². The summed E-state index contributed by atoms with van der Waals surface area (Å²) in [5.41, 5.74) is 1.82. The zero-order chi connectivity index (χ0) is 14.7. The topological polar surface area (TPSA) is 38.8 Å². The zero-order valence-electron chi connectivity index (χ0n) is 12.6. The maximum Gasteiger partial charge on any atom is 0.254 e. The Kier molecular flexibility index (Phi) is 4.56. The van der Waals surface area contributed by atoms with E-state index in [4.69, 9.17) is 9.47 Å². The van der Waals surface area contributed by atoms with Crippen molar-refractivity contribution in [3.8, 4) is 0 Å². The van der Waals surface area contributed by atoms with Crippen LogP contribution in [0.5, 0.6) is 0 Å². The fourth-order valence-corrected chi connectivity index (χ4v) is 2.92. The highest BCUT2D eigenvalue weighted by atomic mass is 16.5. The van der Waals surface area contributed by atoms with Crippen LogP contribution in [-0.2, 0) is 16.1 Å². The van der Waals surface area contributed by atoms with Gasteiger partial charge in [-0.05, 0) is 37.0 Å². The third kappa shape index (κ3) is 3.63. The number of methoxy groups -OCH3 is 1. The smallest absolute Gasteiger partial charge is 0.254 e. The molecule has 1 aliphatic carbocycles. The van der Waals surface area contributed by atoms with Gasteiger partial charge < -0.3 is 14.4 Å². The van der Waals surface area contributed by atoms with Crippen LogP contribution in [0, 0.1) is 5.92 Å². The van der Waals surface area contributed by atoms with Gasteiger partial charge in [0.05, 0.1) is 13.2 Å². The van der Waals surface area contributed by atoms with E-state index >= 15 is 0 Å². The number of nitrogens with zero attached hydrogens (tertiary/aromatic N) is 1. The summed E-state index contributed by atoms with van der Waals surface area (Å²) >= 11 is 0. The number of amides is 1. The Hall–Kier alpha value is -1.39. The van der Waals surface area contributed by atoms with Gasteiger partial charge in [0, 0.05) is 37.8 Å². The Bertz CT molecular complexity index is 493. The molecule has 0 radical (unpaired) electrons. The maximum absolute atomic E-state index is 12.8. The molecule has 3 rings (SSSR count). The summed E-state index contributed by atoms with van der Waals surface area (Å²) in [5, 5.41) is 0. The lowest BCUT2D eigenvalue weighted by Crippen LogP contribution is -2.37. The lowest BCUT2D eigenvalue weighted by Gasteiger charge is -2.25. The third-order valence-corrected chi connectivity index (χ3v) is 4.21. The molecule has 1 amide bonds. The van der Waals surface area contributed by atoms with E-state index in [0.29, 0.717) is 18.6 Å². The Morgan fingerprint density at radius 1 is 1.38 bits per heavy atom. The monoisotopic (exact) mass is 289 g/mol. The molecule has 0 aromatic heterocycles. The van der Waals surface area contributed by atoms with Crippen LogP contribution in [0.2, 0.25) is 0 Å². The minimum absolute atomic E-state index is 0.155. The second kappa shape index (κ2) is 6.58. The molecule has 4 heteroatoms. The van der Waals surface area contributed by atoms with Crippen LogP contribution >= 0.6 is 0 Å². The van der Waals surface area contributed by atoms with Crippen molar-refractivity contribution >= 4 is 5.91 Å². The lowest BCUT2D eigenvalue weighted by molar-refractivity contribution is 0.0706. The molecule has 1 atom stereocenters. The van der Waals surface area contributed by atoms with E-state index < -0.39 is 0 Å². The van der Waals surface area contributed by atoms with Gasteiger partial charge in [0.15, 0.2) is 0 Å². The Morgan fingerprint density at radius 2 is 2.24 bits per heavy atom. The molecule has 1 saturated carbocycles. The van der Waals surface area contributed by atoms with Gasteiger partial charge in [0.1, 0.15) is 0 Å². The van der Waals surface area contributed by atoms with Crippen LogP contribution in [0.25, 0.3) is 0 Å². The lowest BCUT2D eigenvalue weighted by atomic mass is 10.1. The molecular formula is C17H23NO3. The van der Waals surface area contributed by atoms with Crippen molar-refractivity contribution in [1.29, 1.82) is 0 Å². The van der Waals surface area contributed by atoms with Crippen LogP contribution in [-0.4, -0.2) is 43.7 Å². The first-order chi connectivity index (χ1) is 10.3. The number of benzene rings is 1. The first kappa shape index (κ1) is 14.5. The number of hydrogen-bond acceptors (Lipinski definition) is 3. The van der Waals surface area contributed by atoms with E-state index in [1.165, 1.54) is 0 Å². The van der Waals surface area contributed by atoms with Gasteiger partial charge in [-0.2, -0.15) is 0 Å². The Balaban J connectivity index is 1.72. The van der Waals surface area contributed by atoms with Crippen LogP contribution in [0.15, 0.2) is 24.3 Å². The van der Waals surface area contributed by atoms with Crippen LogP contribution in [0.3, 0.4) is 0 Å². The molecule has 1 aliphatic heterocycles. The first-order valence-corrected chi connectivity index (χ1v) is 7.74. The standard InChI is InChI=1S/C17H23NO3/c1-20-11-13-3-2-4-15(9-13)17(19)18(16-5-6-16)10-14-7-8-21-12-14/h2-4,9,14,16H,5-8,10-12H2,1H3. The van der Waals surface area contributed by atoms with Crippen molar-refractivity contribution in [2.45, 2.75) is 31.9 Å². The summed E-state index contributed by atoms with van der Waals surface area (Å²) in [4.78, 5) is 14.9.